The fraction of sp³-hybridized carbons (Fsp3) is 0.538. The fourth-order valence-corrected chi connectivity index (χ4v) is 2.27. The van der Waals surface area contributed by atoms with Gasteiger partial charge in [-0.1, -0.05) is 0 Å². The van der Waals surface area contributed by atoms with E-state index in [1.54, 1.807) is 4.90 Å². The van der Waals surface area contributed by atoms with Gasteiger partial charge in [0, 0.05) is 19.6 Å². The summed E-state index contributed by atoms with van der Waals surface area (Å²) in [4.78, 5) is 1.71. The largest absolute Gasteiger partial charge is 0.389 e. The number of aliphatic hydroxyl groups excluding tert-OH is 3. The Morgan fingerprint density at radius 1 is 1.11 bits per heavy atom. The van der Waals surface area contributed by atoms with Crippen LogP contribution in [-0.4, -0.2) is 58.2 Å². The van der Waals surface area contributed by atoms with Crippen molar-refractivity contribution in [2.24, 2.45) is 0 Å². The molecule has 0 aromatic heterocycles. The number of hydrogen-bond donors (Lipinski definition) is 3. The van der Waals surface area contributed by atoms with Crippen LogP contribution in [0.25, 0.3) is 0 Å². The number of likely N-dealkylation sites (tertiary alicyclic amines) is 1. The second kappa shape index (κ2) is 5.92. The van der Waals surface area contributed by atoms with Gasteiger partial charge in [-0.05, 0) is 30.2 Å². The molecule has 1 heterocycles. The van der Waals surface area contributed by atoms with E-state index in [0.717, 1.165) is 18.2 Å². The van der Waals surface area contributed by atoms with E-state index in [-0.39, 0.29) is 25.1 Å². The van der Waals surface area contributed by atoms with Crippen molar-refractivity contribution in [2.75, 3.05) is 19.6 Å². The van der Waals surface area contributed by atoms with Crippen LogP contribution in [0.15, 0.2) is 18.2 Å². The first-order valence-corrected chi connectivity index (χ1v) is 6.18. The van der Waals surface area contributed by atoms with Gasteiger partial charge in [-0.15, -0.1) is 0 Å². The number of halogens is 2. The standard InChI is InChI=1S/C13H17F2NO3/c14-9-1-2-10(15)8(5-9)3-4-16-6-11(17)13(19)12(18)7-16/h1-2,5,11-13,17-19H,3-4,6-7H2. The molecule has 1 aliphatic rings. The van der Waals surface area contributed by atoms with Crippen molar-refractivity contribution in [3.63, 3.8) is 0 Å². The van der Waals surface area contributed by atoms with Gasteiger partial charge in [-0.3, -0.25) is 4.90 Å². The lowest BCUT2D eigenvalue weighted by molar-refractivity contribution is -0.109. The summed E-state index contributed by atoms with van der Waals surface area (Å²) >= 11 is 0. The third-order valence-corrected chi connectivity index (χ3v) is 3.38. The minimum absolute atomic E-state index is 0.204. The Labute approximate surface area is 109 Å². The summed E-state index contributed by atoms with van der Waals surface area (Å²) in [7, 11) is 0. The molecule has 0 aliphatic carbocycles. The molecule has 4 nitrogen and oxygen atoms in total. The molecule has 1 aromatic rings. The maximum atomic E-state index is 13.4. The Kier molecular flexibility index (Phi) is 4.46. The normalized spacial score (nSPS) is 28.6. The third kappa shape index (κ3) is 3.48. The van der Waals surface area contributed by atoms with Crippen molar-refractivity contribution in [3.8, 4) is 0 Å². The molecule has 1 aliphatic heterocycles. The molecule has 2 atom stereocenters. The van der Waals surface area contributed by atoms with E-state index in [9.17, 15) is 24.1 Å². The van der Waals surface area contributed by atoms with E-state index < -0.39 is 29.9 Å². The van der Waals surface area contributed by atoms with Gasteiger partial charge < -0.3 is 15.3 Å². The highest BCUT2D eigenvalue weighted by Crippen LogP contribution is 2.15. The zero-order valence-electron chi connectivity index (χ0n) is 10.3. The number of benzene rings is 1. The Balaban J connectivity index is 1.94. The van der Waals surface area contributed by atoms with Crippen LogP contribution in [0.4, 0.5) is 8.78 Å². The smallest absolute Gasteiger partial charge is 0.126 e. The molecule has 0 amide bonds. The highest BCUT2D eigenvalue weighted by Gasteiger charge is 2.33. The summed E-state index contributed by atoms with van der Waals surface area (Å²) in [6.07, 6.45) is -2.93. The van der Waals surface area contributed by atoms with Crippen LogP contribution in [0, 0.1) is 11.6 Å². The predicted octanol–water partition coefficient (Wildman–Crippen LogP) is -0.0944. The van der Waals surface area contributed by atoms with Gasteiger partial charge in [-0.25, -0.2) is 8.78 Å². The first kappa shape index (κ1) is 14.3. The lowest BCUT2D eigenvalue weighted by Gasteiger charge is -2.36. The molecule has 1 saturated heterocycles. The number of hydrogen-bond acceptors (Lipinski definition) is 4. The van der Waals surface area contributed by atoms with E-state index in [1.807, 2.05) is 0 Å². The van der Waals surface area contributed by atoms with Crippen LogP contribution in [0.2, 0.25) is 0 Å². The van der Waals surface area contributed by atoms with Gasteiger partial charge in [-0.2, -0.15) is 0 Å². The molecule has 3 N–H and O–H groups in total. The van der Waals surface area contributed by atoms with E-state index in [0.29, 0.717) is 6.54 Å². The molecule has 6 heteroatoms. The number of aliphatic hydroxyl groups is 3. The van der Waals surface area contributed by atoms with Gasteiger partial charge in [0.1, 0.15) is 17.7 Å². The maximum Gasteiger partial charge on any atom is 0.126 e. The van der Waals surface area contributed by atoms with Crippen molar-refractivity contribution in [2.45, 2.75) is 24.7 Å². The van der Waals surface area contributed by atoms with Crippen LogP contribution in [0.5, 0.6) is 0 Å². The van der Waals surface area contributed by atoms with Crippen LogP contribution < -0.4 is 0 Å². The van der Waals surface area contributed by atoms with Crippen LogP contribution in [-0.2, 0) is 6.42 Å². The Hall–Kier alpha value is -1.08. The fourth-order valence-electron chi connectivity index (χ4n) is 2.27. The molecule has 2 unspecified atom stereocenters. The molecule has 1 fully saturated rings. The zero-order chi connectivity index (χ0) is 14.0. The van der Waals surface area contributed by atoms with Crippen LogP contribution in [0.3, 0.4) is 0 Å². The van der Waals surface area contributed by atoms with Gasteiger partial charge in [0.2, 0.25) is 0 Å². The number of rotatable bonds is 3. The van der Waals surface area contributed by atoms with Gasteiger partial charge >= 0.3 is 0 Å². The molecular formula is C13H17F2NO3. The molecule has 106 valence electrons. The van der Waals surface area contributed by atoms with Crippen LogP contribution in [0.1, 0.15) is 5.56 Å². The summed E-state index contributed by atoms with van der Waals surface area (Å²) in [5.41, 5.74) is 0.259. The van der Waals surface area contributed by atoms with Crippen molar-refractivity contribution < 1.29 is 24.1 Å². The van der Waals surface area contributed by atoms with Gasteiger partial charge in [0.05, 0.1) is 12.2 Å². The highest BCUT2D eigenvalue weighted by molar-refractivity contribution is 5.19. The topological polar surface area (TPSA) is 63.9 Å². The minimum Gasteiger partial charge on any atom is -0.389 e. The summed E-state index contributed by atoms with van der Waals surface area (Å²) in [6.45, 7) is 0.783. The zero-order valence-corrected chi connectivity index (χ0v) is 10.3. The average Bonchev–Trinajstić information content (AvgIpc) is 2.37. The monoisotopic (exact) mass is 273 g/mol. The Morgan fingerprint density at radius 3 is 2.37 bits per heavy atom. The van der Waals surface area contributed by atoms with Gasteiger partial charge in [0.25, 0.3) is 0 Å². The van der Waals surface area contributed by atoms with E-state index in [2.05, 4.69) is 0 Å². The van der Waals surface area contributed by atoms with Crippen LogP contribution >= 0.6 is 0 Å². The lowest BCUT2D eigenvalue weighted by atomic mass is 10.0. The summed E-state index contributed by atoms with van der Waals surface area (Å²) in [6, 6.07) is 3.28. The summed E-state index contributed by atoms with van der Waals surface area (Å²) < 4.78 is 26.4. The maximum absolute atomic E-state index is 13.4. The van der Waals surface area contributed by atoms with E-state index in [1.165, 1.54) is 0 Å². The quantitative estimate of drug-likeness (QED) is 0.720. The third-order valence-electron chi connectivity index (χ3n) is 3.38. The van der Waals surface area contributed by atoms with E-state index in [4.69, 9.17) is 0 Å². The molecule has 1 aromatic carbocycles. The first-order valence-electron chi connectivity index (χ1n) is 6.18. The Morgan fingerprint density at radius 2 is 1.74 bits per heavy atom. The molecular weight excluding hydrogens is 256 g/mol. The van der Waals surface area contributed by atoms with E-state index >= 15 is 0 Å². The summed E-state index contributed by atoms with van der Waals surface area (Å²) in [5.74, 6) is -0.968. The molecule has 0 spiro atoms. The SMILES string of the molecule is OC1CN(CCc2cc(F)ccc2F)CC(O)C1O. The van der Waals surface area contributed by atoms with Gasteiger partial charge in [0.15, 0.2) is 0 Å². The van der Waals surface area contributed by atoms with Crippen molar-refractivity contribution in [1.82, 2.24) is 4.90 Å². The van der Waals surface area contributed by atoms with Crippen molar-refractivity contribution in [1.29, 1.82) is 0 Å². The lowest BCUT2D eigenvalue weighted by Crippen LogP contribution is -2.55. The Bertz CT molecular complexity index is 432. The number of nitrogens with zero attached hydrogens (tertiary/aromatic N) is 1. The molecule has 19 heavy (non-hydrogen) atoms. The first-order chi connectivity index (χ1) is 8.97. The number of piperidine rings is 1. The molecule has 2 rings (SSSR count). The highest BCUT2D eigenvalue weighted by atomic mass is 19.1. The van der Waals surface area contributed by atoms with Crippen molar-refractivity contribution in [3.05, 3.63) is 35.4 Å². The predicted molar refractivity (Wildman–Crippen MR) is 64.5 cm³/mol. The second-order valence-electron chi connectivity index (χ2n) is 4.87. The number of β-amino-alcohol motifs (C(OH)–C–C–N with tert-alkyl or cyclic N) is 2. The minimum atomic E-state index is -1.15. The molecule has 0 saturated carbocycles. The summed E-state index contributed by atoms with van der Waals surface area (Å²) in [5, 5.41) is 28.5. The second-order valence-corrected chi connectivity index (χ2v) is 4.87. The average molecular weight is 273 g/mol. The molecule has 0 radical (unpaired) electrons. The van der Waals surface area contributed by atoms with Crippen molar-refractivity contribution >= 4 is 0 Å². The molecule has 0 bridgehead atoms.